The molecule has 244 valence electrons. The van der Waals surface area contributed by atoms with E-state index in [1.54, 1.807) is 33.2 Å². The number of rotatable bonds is 8. The summed E-state index contributed by atoms with van der Waals surface area (Å²) in [5.41, 5.74) is 2.71. The molecule has 3 aromatic rings. The Bertz CT molecular complexity index is 1690. The molecule has 12 heteroatoms. The van der Waals surface area contributed by atoms with Gasteiger partial charge >= 0.3 is 6.09 Å². The average Bonchev–Trinajstić information content (AvgIpc) is 3.63. The van der Waals surface area contributed by atoms with Gasteiger partial charge in [-0.15, -0.1) is 0 Å². The van der Waals surface area contributed by atoms with Gasteiger partial charge in [0.2, 0.25) is 0 Å². The topological polar surface area (TPSA) is 124 Å². The van der Waals surface area contributed by atoms with Gasteiger partial charge in [0.15, 0.2) is 8.32 Å². The van der Waals surface area contributed by atoms with E-state index in [0.29, 0.717) is 12.8 Å². The molecule has 2 heterocycles. The second kappa shape index (κ2) is 12.2. The van der Waals surface area contributed by atoms with E-state index in [2.05, 4.69) is 84.0 Å². The summed E-state index contributed by atoms with van der Waals surface area (Å²) in [4.78, 5) is 21.5. The Kier molecular flexibility index (Phi) is 8.97. The van der Waals surface area contributed by atoms with E-state index < -0.39 is 30.0 Å². The highest BCUT2D eigenvalue weighted by atomic mass is 32.2. The first-order valence-electron chi connectivity index (χ1n) is 15.7. The van der Waals surface area contributed by atoms with Gasteiger partial charge in [-0.25, -0.2) is 27.9 Å². The van der Waals surface area contributed by atoms with Crippen LogP contribution in [0.25, 0.3) is 11.0 Å². The van der Waals surface area contributed by atoms with Crippen molar-refractivity contribution in [1.29, 1.82) is 0 Å². The molecule has 0 aliphatic heterocycles. The maximum Gasteiger partial charge on any atom is 0.421 e. The number of hydrogen-bond acceptors (Lipinski definition) is 8. The fraction of sp³-hybridized carbons (Fsp3) is 0.545. The van der Waals surface area contributed by atoms with Crippen molar-refractivity contribution < 1.29 is 22.4 Å². The molecule has 1 unspecified atom stereocenters. The van der Waals surface area contributed by atoms with E-state index in [4.69, 9.17) is 9.16 Å². The predicted molar refractivity (Wildman–Crippen MR) is 180 cm³/mol. The summed E-state index contributed by atoms with van der Waals surface area (Å²) < 4.78 is 41.8. The molecule has 5 rings (SSSR count). The van der Waals surface area contributed by atoms with Gasteiger partial charge in [0.1, 0.15) is 23.4 Å². The summed E-state index contributed by atoms with van der Waals surface area (Å²) in [6, 6.07) is 10.8. The van der Waals surface area contributed by atoms with Crippen LogP contribution in [0.2, 0.25) is 18.1 Å². The maximum absolute atomic E-state index is 12.8. The molecule has 45 heavy (non-hydrogen) atoms. The molecule has 0 spiro atoms. The zero-order valence-corrected chi connectivity index (χ0v) is 29.4. The highest BCUT2D eigenvalue weighted by molar-refractivity contribution is 7.92. The first-order chi connectivity index (χ1) is 20.9. The van der Waals surface area contributed by atoms with Gasteiger partial charge in [0, 0.05) is 23.6 Å². The van der Waals surface area contributed by atoms with Crippen LogP contribution >= 0.6 is 0 Å². The monoisotopic (exact) mass is 653 g/mol. The fourth-order valence-corrected chi connectivity index (χ4v) is 8.16. The summed E-state index contributed by atoms with van der Waals surface area (Å²) in [6.45, 7) is 16.0. The Morgan fingerprint density at radius 3 is 2.51 bits per heavy atom. The third-order valence-electron chi connectivity index (χ3n) is 9.25. The van der Waals surface area contributed by atoms with E-state index >= 15 is 0 Å². The highest BCUT2D eigenvalue weighted by Gasteiger charge is 2.44. The predicted octanol–water partition coefficient (Wildman–Crippen LogP) is 7.24. The number of anilines is 1. The van der Waals surface area contributed by atoms with Crippen molar-refractivity contribution in [3.05, 3.63) is 65.5 Å². The number of sulfonamides is 1. The van der Waals surface area contributed by atoms with E-state index in [0.717, 1.165) is 35.1 Å². The second-order valence-electron chi connectivity index (χ2n) is 14.8. The molecular weight excluding hydrogens is 607 g/mol. The number of aromatic nitrogens is 3. The average molecular weight is 654 g/mol. The number of aryl methyl sites for hydroxylation is 1. The molecule has 1 fully saturated rings. The molecule has 10 nitrogen and oxygen atoms in total. The third kappa shape index (κ3) is 7.61. The zero-order chi connectivity index (χ0) is 32.8. The number of ether oxygens (including phenoxy) is 1. The molecule has 1 amide bonds. The Morgan fingerprint density at radius 1 is 1.07 bits per heavy atom. The van der Waals surface area contributed by atoms with E-state index in [9.17, 15) is 13.2 Å². The molecule has 4 atom stereocenters. The Balaban J connectivity index is 1.39. The summed E-state index contributed by atoms with van der Waals surface area (Å²) >= 11 is 0. The summed E-state index contributed by atoms with van der Waals surface area (Å²) in [5, 5.41) is 5.68. The molecule has 0 saturated heterocycles. The van der Waals surface area contributed by atoms with Crippen LogP contribution in [0, 0.1) is 5.92 Å². The number of carbonyl (C=O) groups is 1. The summed E-state index contributed by atoms with van der Waals surface area (Å²) in [5.74, 6) is 0.620. The lowest BCUT2D eigenvalue weighted by Crippen LogP contribution is -2.44. The number of benzene rings is 1. The summed E-state index contributed by atoms with van der Waals surface area (Å²) in [7, 11) is -6.25. The van der Waals surface area contributed by atoms with Crippen molar-refractivity contribution in [2.24, 2.45) is 5.92 Å². The number of fused-ring (bicyclic) bond motifs is 2. The van der Waals surface area contributed by atoms with Crippen molar-refractivity contribution in [3.63, 3.8) is 0 Å². The van der Waals surface area contributed by atoms with Crippen LogP contribution in [-0.2, 0) is 25.6 Å². The van der Waals surface area contributed by atoms with Crippen molar-refractivity contribution in [2.75, 3.05) is 5.32 Å². The smallest absolute Gasteiger partial charge is 0.421 e. The van der Waals surface area contributed by atoms with Crippen LogP contribution in [0.4, 0.5) is 10.6 Å². The maximum atomic E-state index is 12.8. The van der Waals surface area contributed by atoms with Gasteiger partial charge in [0.25, 0.3) is 10.0 Å². The minimum absolute atomic E-state index is 0.0174. The molecule has 2 aromatic heterocycles. The number of amides is 1. The molecule has 2 aliphatic carbocycles. The standard InChI is InChI=1S/C33H47N5O5SSi/c1-32(2,3)42-31(39)37-44(40,41)18-16-23-19-24(20-28(23)43-45(7,8)33(4,5)6)38-17-15-26-29(34-21-35-30(26)38)36-27-14-13-22-11-9-10-12-25(22)27/h9-12,15-18,21,23-24,27-28H,13-14,19-20H2,1-8H3,(H,37,39)(H,34,35,36)/b18-16+/t23?,24-,27+,28+/m1/s1. The van der Waals surface area contributed by atoms with Gasteiger partial charge in [0.05, 0.1) is 17.5 Å². The van der Waals surface area contributed by atoms with Gasteiger partial charge in [-0.05, 0) is 81.8 Å². The normalized spacial score (nSPS) is 22.6. The molecule has 0 radical (unpaired) electrons. The van der Waals surface area contributed by atoms with Crippen molar-refractivity contribution in [2.45, 2.75) is 109 Å². The van der Waals surface area contributed by atoms with Gasteiger partial charge in [-0.1, -0.05) is 51.1 Å². The highest BCUT2D eigenvalue weighted by Crippen LogP contribution is 2.45. The van der Waals surface area contributed by atoms with Crippen LogP contribution in [0.5, 0.6) is 0 Å². The van der Waals surface area contributed by atoms with E-state index in [1.165, 1.54) is 11.1 Å². The second-order valence-corrected chi connectivity index (χ2v) is 21.1. The molecule has 0 bridgehead atoms. The van der Waals surface area contributed by atoms with Crippen LogP contribution < -0.4 is 10.0 Å². The fourth-order valence-electron chi connectivity index (χ4n) is 6.03. The lowest BCUT2D eigenvalue weighted by molar-refractivity contribution is 0.0571. The van der Waals surface area contributed by atoms with Gasteiger partial charge in [-0.2, -0.15) is 0 Å². The minimum atomic E-state index is -4.07. The molecule has 2 N–H and O–H groups in total. The molecule has 1 saturated carbocycles. The number of nitrogens with zero attached hydrogens (tertiary/aromatic N) is 3. The molecule has 2 aliphatic rings. The lowest BCUT2D eigenvalue weighted by Gasteiger charge is -2.39. The van der Waals surface area contributed by atoms with Gasteiger partial charge < -0.3 is 19.0 Å². The molecular formula is C33H47N5O5SSi. The summed E-state index contributed by atoms with van der Waals surface area (Å²) in [6.07, 6.45) is 7.53. The number of hydrogen-bond donors (Lipinski definition) is 2. The Labute approximate surface area is 268 Å². The van der Waals surface area contributed by atoms with Crippen molar-refractivity contribution in [3.8, 4) is 0 Å². The van der Waals surface area contributed by atoms with Gasteiger partial charge in [-0.3, -0.25) is 0 Å². The van der Waals surface area contributed by atoms with Crippen molar-refractivity contribution >= 4 is 41.3 Å². The third-order valence-corrected chi connectivity index (χ3v) is 14.7. The van der Waals surface area contributed by atoms with Crippen LogP contribution in [-0.4, -0.2) is 49.1 Å². The first kappa shape index (κ1) is 33.1. The van der Waals surface area contributed by atoms with E-state index in [1.807, 2.05) is 10.9 Å². The quantitative estimate of drug-likeness (QED) is 0.244. The SMILES string of the molecule is CC(C)(C)OC(=O)NS(=O)(=O)/C=C/C1C[C@@H](n2ccc3c(N[C@H]4CCc5ccccc54)ncnc32)C[C@@H]1O[Si](C)(C)C(C)(C)C. The first-order valence-corrected chi connectivity index (χ1v) is 20.2. The van der Waals surface area contributed by atoms with Crippen LogP contribution in [0.1, 0.15) is 84.0 Å². The largest absolute Gasteiger partial charge is 0.443 e. The molecule has 1 aromatic carbocycles. The lowest BCUT2D eigenvalue weighted by atomic mass is 10.1. The van der Waals surface area contributed by atoms with Crippen molar-refractivity contribution in [1.82, 2.24) is 19.3 Å². The zero-order valence-electron chi connectivity index (χ0n) is 27.6. The van der Waals surface area contributed by atoms with Crippen LogP contribution in [0.15, 0.2) is 54.3 Å². The Morgan fingerprint density at radius 2 is 1.80 bits per heavy atom. The Hall–Kier alpha value is -3.22. The van der Waals surface area contributed by atoms with Crippen LogP contribution in [0.3, 0.4) is 0 Å². The van der Waals surface area contributed by atoms with E-state index in [-0.39, 0.29) is 29.1 Å². The number of nitrogens with one attached hydrogen (secondary N) is 2. The number of carbonyl (C=O) groups excluding carboxylic acids is 1. The minimum Gasteiger partial charge on any atom is -0.443 e.